The number of hydrogen-bond acceptors (Lipinski definition) is 3. The Morgan fingerprint density at radius 2 is 2.12 bits per heavy atom. The highest BCUT2D eigenvalue weighted by molar-refractivity contribution is 9.13. The Labute approximate surface area is 112 Å². The van der Waals surface area contributed by atoms with Crippen LogP contribution in [0.3, 0.4) is 0 Å². The van der Waals surface area contributed by atoms with Crippen molar-refractivity contribution in [2.24, 2.45) is 5.73 Å². The zero-order valence-corrected chi connectivity index (χ0v) is 12.0. The zero-order valence-electron chi connectivity index (χ0n) is 8.87. The summed E-state index contributed by atoms with van der Waals surface area (Å²) in [5.41, 5.74) is 6.72. The minimum Gasteiger partial charge on any atom is -0.465 e. The maximum absolute atomic E-state index is 11.3. The second-order valence-corrected chi connectivity index (χ2v) is 5.02. The Balaban J connectivity index is 2.66. The molecule has 1 unspecified atom stereocenters. The molecule has 0 aliphatic carbocycles. The van der Waals surface area contributed by atoms with Crippen molar-refractivity contribution < 1.29 is 9.53 Å². The van der Waals surface area contributed by atoms with Crippen LogP contribution >= 0.6 is 31.9 Å². The third-order valence-electron chi connectivity index (χ3n) is 2.03. The summed E-state index contributed by atoms with van der Waals surface area (Å²) in [5.74, 6) is -0.360. The highest BCUT2D eigenvalue weighted by Crippen LogP contribution is 2.24. The van der Waals surface area contributed by atoms with Crippen LogP contribution in [-0.2, 0) is 16.0 Å². The molecule has 0 saturated carbocycles. The molecular formula is C11H13Br2NO2. The van der Waals surface area contributed by atoms with Gasteiger partial charge >= 0.3 is 5.97 Å². The number of nitrogens with two attached hydrogens (primary N) is 1. The highest BCUT2D eigenvalue weighted by atomic mass is 79.9. The van der Waals surface area contributed by atoms with E-state index in [-0.39, 0.29) is 5.97 Å². The van der Waals surface area contributed by atoms with E-state index in [1.165, 1.54) is 0 Å². The first-order chi connectivity index (χ1) is 7.54. The van der Waals surface area contributed by atoms with Crippen molar-refractivity contribution in [2.75, 3.05) is 6.61 Å². The molecule has 1 aromatic carbocycles. The van der Waals surface area contributed by atoms with Gasteiger partial charge in [0.2, 0.25) is 0 Å². The van der Waals surface area contributed by atoms with Gasteiger partial charge in [-0.15, -0.1) is 0 Å². The number of esters is 1. The molecule has 0 saturated heterocycles. The first-order valence-electron chi connectivity index (χ1n) is 4.90. The van der Waals surface area contributed by atoms with Gasteiger partial charge < -0.3 is 10.5 Å². The SMILES string of the molecule is CCOC(=O)C(N)Cc1ccc(Br)c(Br)c1. The summed E-state index contributed by atoms with van der Waals surface area (Å²) in [4.78, 5) is 11.3. The Morgan fingerprint density at radius 1 is 1.44 bits per heavy atom. The van der Waals surface area contributed by atoms with Gasteiger partial charge in [-0.2, -0.15) is 0 Å². The number of carbonyl (C=O) groups excluding carboxylic acids is 1. The number of ether oxygens (including phenoxy) is 1. The van der Waals surface area contributed by atoms with Crippen molar-refractivity contribution in [1.82, 2.24) is 0 Å². The minimum atomic E-state index is -0.604. The summed E-state index contributed by atoms with van der Waals surface area (Å²) in [6.07, 6.45) is 0.477. The molecule has 5 heteroatoms. The van der Waals surface area contributed by atoms with Gasteiger partial charge in [-0.3, -0.25) is 4.79 Å². The van der Waals surface area contributed by atoms with Gasteiger partial charge in [-0.25, -0.2) is 0 Å². The standard InChI is InChI=1S/C11H13Br2NO2/c1-2-16-11(15)10(14)6-7-3-4-8(12)9(13)5-7/h3-5,10H,2,6,14H2,1H3. The lowest BCUT2D eigenvalue weighted by Gasteiger charge is -2.10. The summed E-state index contributed by atoms with van der Waals surface area (Å²) in [7, 11) is 0. The average Bonchev–Trinajstić information content (AvgIpc) is 2.24. The summed E-state index contributed by atoms with van der Waals surface area (Å²) in [6, 6.07) is 5.17. The van der Waals surface area contributed by atoms with Crippen LogP contribution in [0.25, 0.3) is 0 Å². The van der Waals surface area contributed by atoms with Crippen molar-refractivity contribution in [3.8, 4) is 0 Å². The van der Waals surface area contributed by atoms with Crippen LogP contribution in [0.5, 0.6) is 0 Å². The van der Waals surface area contributed by atoms with E-state index in [0.29, 0.717) is 13.0 Å². The fourth-order valence-electron chi connectivity index (χ4n) is 1.25. The van der Waals surface area contributed by atoms with E-state index in [2.05, 4.69) is 31.9 Å². The molecule has 0 radical (unpaired) electrons. The van der Waals surface area contributed by atoms with Crippen molar-refractivity contribution in [2.45, 2.75) is 19.4 Å². The normalized spacial score (nSPS) is 12.2. The van der Waals surface area contributed by atoms with E-state index >= 15 is 0 Å². The lowest BCUT2D eigenvalue weighted by molar-refractivity contribution is -0.144. The van der Waals surface area contributed by atoms with E-state index in [0.717, 1.165) is 14.5 Å². The molecule has 88 valence electrons. The summed E-state index contributed by atoms with van der Waals surface area (Å²) < 4.78 is 6.76. The van der Waals surface area contributed by atoms with Crippen LogP contribution in [0.15, 0.2) is 27.1 Å². The number of benzene rings is 1. The van der Waals surface area contributed by atoms with Crippen molar-refractivity contribution in [3.05, 3.63) is 32.7 Å². The Morgan fingerprint density at radius 3 is 2.69 bits per heavy atom. The van der Waals surface area contributed by atoms with Crippen molar-refractivity contribution in [3.63, 3.8) is 0 Å². The van der Waals surface area contributed by atoms with Crippen LogP contribution in [0.2, 0.25) is 0 Å². The average molecular weight is 351 g/mol. The second-order valence-electron chi connectivity index (χ2n) is 3.31. The Hall–Kier alpha value is -0.390. The molecule has 0 aliphatic rings. The molecule has 0 amide bonds. The van der Waals surface area contributed by atoms with E-state index in [1.54, 1.807) is 6.92 Å². The quantitative estimate of drug-likeness (QED) is 0.849. The van der Waals surface area contributed by atoms with Gasteiger partial charge in [0, 0.05) is 8.95 Å². The first-order valence-corrected chi connectivity index (χ1v) is 6.49. The molecule has 16 heavy (non-hydrogen) atoms. The summed E-state index contributed by atoms with van der Waals surface area (Å²) in [6.45, 7) is 2.12. The van der Waals surface area contributed by atoms with Crippen molar-refractivity contribution in [1.29, 1.82) is 0 Å². The van der Waals surface area contributed by atoms with E-state index in [4.69, 9.17) is 10.5 Å². The molecular weight excluding hydrogens is 338 g/mol. The molecule has 0 aliphatic heterocycles. The van der Waals surface area contributed by atoms with Crippen molar-refractivity contribution >= 4 is 37.8 Å². The molecule has 1 atom stereocenters. The van der Waals surface area contributed by atoms with Gasteiger partial charge in [0.15, 0.2) is 0 Å². The second kappa shape index (κ2) is 6.37. The topological polar surface area (TPSA) is 52.3 Å². The first kappa shape index (κ1) is 13.7. The minimum absolute atomic E-state index is 0.358. The molecule has 0 spiro atoms. The molecule has 0 fully saturated rings. The van der Waals surface area contributed by atoms with Gasteiger partial charge in [0.05, 0.1) is 6.61 Å². The van der Waals surface area contributed by atoms with Gasteiger partial charge in [-0.05, 0) is 62.9 Å². The largest absolute Gasteiger partial charge is 0.465 e. The van der Waals surface area contributed by atoms with Gasteiger partial charge in [0.1, 0.15) is 6.04 Å². The Kier molecular flexibility index (Phi) is 5.44. The lowest BCUT2D eigenvalue weighted by atomic mass is 10.1. The fourth-order valence-corrected chi connectivity index (χ4v) is 1.93. The molecule has 2 N–H and O–H groups in total. The van der Waals surface area contributed by atoms with E-state index in [9.17, 15) is 4.79 Å². The maximum atomic E-state index is 11.3. The van der Waals surface area contributed by atoms with Crippen LogP contribution < -0.4 is 5.73 Å². The molecule has 1 rings (SSSR count). The fraction of sp³-hybridized carbons (Fsp3) is 0.364. The number of halogens is 2. The molecule has 3 nitrogen and oxygen atoms in total. The summed E-state index contributed by atoms with van der Waals surface area (Å²) >= 11 is 6.78. The lowest BCUT2D eigenvalue weighted by Crippen LogP contribution is -2.34. The number of carbonyl (C=O) groups is 1. The van der Waals surface area contributed by atoms with Crippen LogP contribution in [-0.4, -0.2) is 18.6 Å². The van der Waals surface area contributed by atoms with E-state index < -0.39 is 6.04 Å². The smallest absolute Gasteiger partial charge is 0.323 e. The summed E-state index contributed by atoms with van der Waals surface area (Å²) in [5, 5.41) is 0. The number of hydrogen-bond donors (Lipinski definition) is 1. The van der Waals surface area contributed by atoms with Crippen LogP contribution in [0, 0.1) is 0 Å². The highest BCUT2D eigenvalue weighted by Gasteiger charge is 2.15. The molecule has 0 aromatic heterocycles. The van der Waals surface area contributed by atoms with Crippen LogP contribution in [0.4, 0.5) is 0 Å². The van der Waals surface area contributed by atoms with Crippen LogP contribution in [0.1, 0.15) is 12.5 Å². The predicted molar refractivity (Wildman–Crippen MR) is 70.2 cm³/mol. The zero-order chi connectivity index (χ0) is 12.1. The third kappa shape index (κ3) is 3.88. The van der Waals surface area contributed by atoms with E-state index in [1.807, 2.05) is 18.2 Å². The molecule has 0 heterocycles. The third-order valence-corrected chi connectivity index (χ3v) is 3.91. The number of rotatable bonds is 4. The molecule has 1 aromatic rings. The monoisotopic (exact) mass is 349 g/mol. The predicted octanol–water partition coefficient (Wildman–Crippen LogP) is 2.64. The van der Waals surface area contributed by atoms with Gasteiger partial charge in [-0.1, -0.05) is 6.07 Å². The Bertz CT molecular complexity index is 382. The molecule has 0 bridgehead atoms. The van der Waals surface area contributed by atoms with Gasteiger partial charge in [0.25, 0.3) is 0 Å². The maximum Gasteiger partial charge on any atom is 0.323 e.